The number of rotatable bonds is 2. The Kier molecular flexibility index (Phi) is 3.21. The van der Waals surface area contributed by atoms with Crippen LogP contribution in [-0.4, -0.2) is 27.0 Å². The van der Waals surface area contributed by atoms with E-state index >= 15 is 0 Å². The van der Waals surface area contributed by atoms with Crippen LogP contribution < -0.4 is 4.90 Å². The summed E-state index contributed by atoms with van der Waals surface area (Å²) in [4.78, 5) is 31.8. The number of carbonyl (C=O) groups is 2. The van der Waals surface area contributed by atoms with Crippen LogP contribution in [0.15, 0.2) is 60.8 Å². The predicted octanol–water partition coefficient (Wildman–Crippen LogP) is 3.73. The van der Waals surface area contributed by atoms with Gasteiger partial charge in [-0.05, 0) is 18.6 Å². The molecule has 1 aliphatic rings. The number of nitrogens with zero attached hydrogens (tertiary/aromatic N) is 3. The molecule has 0 atom stereocenters. The van der Waals surface area contributed by atoms with Gasteiger partial charge < -0.3 is 0 Å². The third kappa shape index (κ3) is 2.13. The number of anilines is 1. The van der Waals surface area contributed by atoms with Crippen LogP contribution in [0.2, 0.25) is 0 Å². The molecule has 2 aromatic heterocycles. The summed E-state index contributed by atoms with van der Waals surface area (Å²) in [6.07, 6.45) is 1.44. The van der Waals surface area contributed by atoms with Crippen LogP contribution in [0.1, 0.15) is 26.3 Å². The van der Waals surface area contributed by atoms with Crippen LogP contribution in [0.25, 0.3) is 22.3 Å². The van der Waals surface area contributed by atoms with Gasteiger partial charge in [0.15, 0.2) is 5.65 Å². The van der Waals surface area contributed by atoms with E-state index in [0.717, 1.165) is 11.1 Å². The molecule has 130 valence electrons. The van der Waals surface area contributed by atoms with Gasteiger partial charge in [-0.1, -0.05) is 48.5 Å². The molecule has 3 heterocycles. The molecule has 0 radical (unpaired) electrons. The van der Waals surface area contributed by atoms with Crippen molar-refractivity contribution < 1.29 is 9.59 Å². The second-order valence-electron chi connectivity index (χ2n) is 6.44. The van der Waals surface area contributed by atoms with Crippen LogP contribution in [0.5, 0.6) is 0 Å². The zero-order chi connectivity index (χ0) is 18.5. The minimum absolute atomic E-state index is 0.300. The Labute approximate surface area is 154 Å². The SMILES string of the molecule is Cc1ccccc1N1C(=O)c2cnc3n[nH]c(-c4ccccc4)c3c2C1=O. The summed E-state index contributed by atoms with van der Waals surface area (Å²) in [5.74, 6) is -0.714. The number of imide groups is 1. The smallest absolute Gasteiger partial charge is 0.267 e. The number of aryl methyl sites for hydroxylation is 1. The van der Waals surface area contributed by atoms with Gasteiger partial charge in [0.25, 0.3) is 11.8 Å². The van der Waals surface area contributed by atoms with Gasteiger partial charge in [-0.25, -0.2) is 9.88 Å². The molecule has 2 amide bonds. The molecule has 0 aliphatic carbocycles. The number of nitrogens with one attached hydrogen (secondary N) is 1. The highest BCUT2D eigenvalue weighted by molar-refractivity contribution is 6.38. The van der Waals surface area contributed by atoms with Crippen LogP contribution in [0.3, 0.4) is 0 Å². The maximum absolute atomic E-state index is 13.3. The molecular formula is C21H14N4O2. The zero-order valence-corrected chi connectivity index (χ0v) is 14.4. The van der Waals surface area contributed by atoms with E-state index in [9.17, 15) is 9.59 Å². The van der Waals surface area contributed by atoms with Crippen molar-refractivity contribution in [2.24, 2.45) is 0 Å². The van der Waals surface area contributed by atoms with Crippen molar-refractivity contribution in [1.82, 2.24) is 15.2 Å². The topological polar surface area (TPSA) is 79.0 Å². The van der Waals surface area contributed by atoms with Gasteiger partial charge >= 0.3 is 0 Å². The molecule has 0 unspecified atom stereocenters. The molecule has 1 aliphatic heterocycles. The van der Waals surface area contributed by atoms with Gasteiger partial charge in [0.1, 0.15) is 0 Å². The average molecular weight is 354 g/mol. The first-order valence-electron chi connectivity index (χ1n) is 8.53. The van der Waals surface area contributed by atoms with E-state index in [2.05, 4.69) is 15.2 Å². The minimum atomic E-state index is -0.362. The number of aromatic nitrogens is 3. The summed E-state index contributed by atoms with van der Waals surface area (Å²) in [6, 6.07) is 16.9. The predicted molar refractivity (Wildman–Crippen MR) is 102 cm³/mol. The number of hydrogen-bond acceptors (Lipinski definition) is 4. The Morgan fingerprint density at radius 3 is 2.44 bits per heavy atom. The fourth-order valence-electron chi connectivity index (χ4n) is 3.54. The van der Waals surface area contributed by atoms with E-state index in [4.69, 9.17) is 0 Å². The van der Waals surface area contributed by atoms with Crippen LogP contribution >= 0.6 is 0 Å². The number of para-hydroxylation sites is 1. The lowest BCUT2D eigenvalue weighted by molar-refractivity contribution is 0.0926. The molecule has 0 bridgehead atoms. The number of H-pyrrole nitrogens is 1. The second-order valence-corrected chi connectivity index (χ2v) is 6.44. The van der Waals surface area contributed by atoms with Gasteiger partial charge in [0.2, 0.25) is 0 Å². The number of fused-ring (bicyclic) bond motifs is 3. The molecule has 1 N–H and O–H groups in total. The summed E-state index contributed by atoms with van der Waals surface area (Å²) >= 11 is 0. The number of pyridine rings is 1. The third-order valence-electron chi connectivity index (χ3n) is 4.85. The normalized spacial score (nSPS) is 13.4. The lowest BCUT2D eigenvalue weighted by Crippen LogP contribution is -2.30. The first-order valence-corrected chi connectivity index (χ1v) is 8.53. The molecule has 4 aromatic rings. The largest absolute Gasteiger partial charge is 0.275 e. The number of aromatic amines is 1. The highest BCUT2D eigenvalue weighted by atomic mass is 16.2. The molecular weight excluding hydrogens is 340 g/mol. The Morgan fingerprint density at radius 2 is 1.67 bits per heavy atom. The number of hydrogen-bond donors (Lipinski definition) is 1. The van der Waals surface area contributed by atoms with Crippen molar-refractivity contribution in [2.45, 2.75) is 6.92 Å². The standard InChI is InChI=1S/C21H14N4O2/c1-12-7-5-6-10-15(12)25-20(26)14-11-22-19-17(16(14)21(25)27)18(23-24-19)13-8-3-2-4-9-13/h2-11H,1H3,(H,22,23,24). The molecule has 0 saturated heterocycles. The first kappa shape index (κ1) is 15.5. The average Bonchev–Trinajstić information content (AvgIpc) is 3.23. The summed E-state index contributed by atoms with van der Waals surface area (Å²) < 4.78 is 0. The van der Waals surface area contributed by atoms with Crippen molar-refractivity contribution in [3.05, 3.63) is 77.5 Å². The van der Waals surface area contributed by atoms with Gasteiger partial charge in [0.05, 0.1) is 27.9 Å². The molecule has 27 heavy (non-hydrogen) atoms. The maximum Gasteiger partial charge on any atom is 0.267 e. The lowest BCUT2D eigenvalue weighted by Gasteiger charge is -2.16. The summed E-state index contributed by atoms with van der Waals surface area (Å²) in [7, 11) is 0. The molecule has 0 spiro atoms. The van der Waals surface area contributed by atoms with E-state index in [0.29, 0.717) is 33.5 Å². The van der Waals surface area contributed by atoms with Crippen molar-refractivity contribution in [1.29, 1.82) is 0 Å². The van der Waals surface area contributed by atoms with Crippen molar-refractivity contribution >= 4 is 28.5 Å². The van der Waals surface area contributed by atoms with Crippen molar-refractivity contribution in [3.63, 3.8) is 0 Å². The number of benzene rings is 2. The van der Waals surface area contributed by atoms with Crippen LogP contribution in [-0.2, 0) is 0 Å². The first-order chi connectivity index (χ1) is 13.2. The Hall–Kier alpha value is -3.80. The highest BCUT2D eigenvalue weighted by Crippen LogP contribution is 2.36. The van der Waals surface area contributed by atoms with Crippen LogP contribution in [0.4, 0.5) is 5.69 Å². The third-order valence-corrected chi connectivity index (χ3v) is 4.85. The highest BCUT2D eigenvalue weighted by Gasteiger charge is 2.40. The van der Waals surface area contributed by atoms with Crippen molar-refractivity contribution in [2.75, 3.05) is 4.90 Å². The molecule has 6 heteroatoms. The summed E-state index contributed by atoms with van der Waals surface area (Å²) in [6.45, 7) is 1.87. The van der Waals surface area contributed by atoms with E-state index < -0.39 is 0 Å². The fourth-order valence-corrected chi connectivity index (χ4v) is 3.54. The lowest BCUT2D eigenvalue weighted by atomic mass is 10.0. The molecule has 0 fully saturated rings. The van der Waals surface area contributed by atoms with E-state index in [1.54, 1.807) is 6.07 Å². The molecule has 0 saturated carbocycles. The molecule has 2 aromatic carbocycles. The quantitative estimate of drug-likeness (QED) is 0.556. The second kappa shape index (κ2) is 5.60. The maximum atomic E-state index is 13.3. The monoisotopic (exact) mass is 354 g/mol. The number of carbonyl (C=O) groups excluding carboxylic acids is 2. The summed E-state index contributed by atoms with van der Waals surface area (Å²) in [5.41, 5.74) is 4.07. The fraction of sp³-hybridized carbons (Fsp3) is 0.0476. The molecule has 5 rings (SSSR count). The van der Waals surface area contributed by atoms with E-state index in [-0.39, 0.29) is 11.8 Å². The Balaban J connectivity index is 1.77. The number of amides is 2. The van der Waals surface area contributed by atoms with Gasteiger partial charge in [-0.15, -0.1) is 0 Å². The zero-order valence-electron chi connectivity index (χ0n) is 14.4. The Bertz CT molecular complexity index is 1230. The molecule has 6 nitrogen and oxygen atoms in total. The van der Waals surface area contributed by atoms with Crippen molar-refractivity contribution in [3.8, 4) is 11.3 Å². The Morgan fingerprint density at radius 1 is 0.926 bits per heavy atom. The van der Waals surface area contributed by atoms with E-state index in [1.807, 2.05) is 55.5 Å². The van der Waals surface area contributed by atoms with Gasteiger partial charge in [-0.3, -0.25) is 14.7 Å². The summed E-state index contributed by atoms with van der Waals surface area (Å²) in [5, 5.41) is 7.77. The minimum Gasteiger partial charge on any atom is -0.275 e. The van der Waals surface area contributed by atoms with Gasteiger partial charge in [-0.2, -0.15) is 5.10 Å². The van der Waals surface area contributed by atoms with Gasteiger partial charge in [0, 0.05) is 11.8 Å². The van der Waals surface area contributed by atoms with Crippen LogP contribution in [0, 0.1) is 6.92 Å². The van der Waals surface area contributed by atoms with E-state index in [1.165, 1.54) is 11.1 Å².